The molecule has 3 aromatic carbocycles. The normalized spacial score (nSPS) is 16.7. The first-order valence-electron chi connectivity index (χ1n) is 10.8. The number of para-hydroxylation sites is 1. The fourth-order valence-corrected chi connectivity index (χ4v) is 5.44. The van der Waals surface area contributed by atoms with Crippen molar-refractivity contribution in [3.63, 3.8) is 0 Å². The number of thioether (sulfide) groups is 1. The van der Waals surface area contributed by atoms with Gasteiger partial charge in [-0.3, -0.25) is 14.5 Å². The molecule has 4 rings (SSSR count). The zero-order valence-electron chi connectivity index (χ0n) is 19.0. The molecule has 1 aliphatic rings. The summed E-state index contributed by atoms with van der Waals surface area (Å²) in [5, 5.41) is 13.6. The van der Waals surface area contributed by atoms with Crippen LogP contribution in [0.3, 0.4) is 0 Å². The Morgan fingerprint density at radius 1 is 1.09 bits per heavy atom. The molecule has 2 amide bonds. The number of anilines is 2. The van der Waals surface area contributed by atoms with Gasteiger partial charge >= 0.3 is 0 Å². The minimum atomic E-state index is -0.585. The van der Waals surface area contributed by atoms with Crippen molar-refractivity contribution in [2.75, 3.05) is 10.2 Å². The highest BCUT2D eigenvalue weighted by Gasteiger charge is 2.41. The molecule has 1 saturated heterocycles. The van der Waals surface area contributed by atoms with E-state index in [4.69, 9.17) is 23.2 Å². The lowest BCUT2D eigenvalue weighted by Crippen LogP contribution is -2.31. The molecular formula is C27H21Cl2N3O2S. The minimum absolute atomic E-state index is 0.132. The highest BCUT2D eigenvalue weighted by Crippen LogP contribution is 2.42. The van der Waals surface area contributed by atoms with E-state index in [2.05, 4.69) is 5.32 Å². The molecule has 0 radical (unpaired) electrons. The maximum absolute atomic E-state index is 13.6. The molecule has 1 atom stereocenters. The van der Waals surface area contributed by atoms with Crippen LogP contribution >= 0.6 is 35.0 Å². The number of hydrogen-bond acceptors (Lipinski definition) is 4. The fourth-order valence-electron chi connectivity index (χ4n) is 3.75. The molecule has 0 unspecified atom stereocenters. The standard InChI is InChI=1S/C27H21Cl2N3O2S/c1-16-8-9-17(2)23(12-16)31-25(33)21(15-30)27-32(20-6-4-3-5-7-20)26(34)24(35-27)14-18-13-19(28)10-11-22(18)29/h3-13,24H,14H2,1-2H3,(H,31,33)/b27-21-/t24-/m0/s1. The molecule has 176 valence electrons. The van der Waals surface area contributed by atoms with E-state index in [1.807, 2.05) is 44.2 Å². The molecule has 1 N–H and O–H groups in total. The molecule has 8 heteroatoms. The van der Waals surface area contributed by atoms with Crippen LogP contribution in [0.15, 0.2) is 77.3 Å². The summed E-state index contributed by atoms with van der Waals surface area (Å²) in [5.74, 6) is -0.807. The molecule has 3 aromatic rings. The number of halogens is 2. The highest BCUT2D eigenvalue weighted by molar-refractivity contribution is 8.05. The summed E-state index contributed by atoms with van der Waals surface area (Å²) in [5.41, 5.74) is 3.63. The van der Waals surface area contributed by atoms with Crippen molar-refractivity contribution in [1.82, 2.24) is 0 Å². The SMILES string of the molecule is Cc1ccc(C)c(NC(=O)/C(C#N)=C2\S[C@@H](Cc3cc(Cl)ccc3Cl)C(=O)N2c2ccccc2)c1. The molecule has 35 heavy (non-hydrogen) atoms. The molecule has 0 spiro atoms. The van der Waals surface area contributed by atoms with Gasteiger partial charge in [-0.1, -0.05) is 65.3 Å². The zero-order chi connectivity index (χ0) is 25.1. The van der Waals surface area contributed by atoms with Crippen molar-refractivity contribution < 1.29 is 9.59 Å². The van der Waals surface area contributed by atoms with Crippen LogP contribution in [0.25, 0.3) is 0 Å². The van der Waals surface area contributed by atoms with Gasteiger partial charge in [0.1, 0.15) is 16.7 Å². The molecule has 1 aliphatic heterocycles. The van der Waals surface area contributed by atoms with E-state index in [1.165, 1.54) is 16.7 Å². The Hall–Kier alpha value is -3.24. The van der Waals surface area contributed by atoms with Crippen LogP contribution in [0, 0.1) is 25.2 Å². The summed E-state index contributed by atoms with van der Waals surface area (Å²) >= 11 is 13.7. The van der Waals surface area contributed by atoms with Crippen molar-refractivity contribution in [3.8, 4) is 6.07 Å². The lowest BCUT2D eigenvalue weighted by Gasteiger charge is -2.19. The maximum atomic E-state index is 13.6. The lowest BCUT2D eigenvalue weighted by atomic mass is 10.1. The molecule has 0 aliphatic carbocycles. The van der Waals surface area contributed by atoms with E-state index < -0.39 is 11.2 Å². The third-order valence-electron chi connectivity index (χ3n) is 5.57. The summed E-state index contributed by atoms with van der Waals surface area (Å²) in [6, 6.07) is 21.8. The monoisotopic (exact) mass is 521 g/mol. The molecule has 5 nitrogen and oxygen atoms in total. The van der Waals surface area contributed by atoms with Crippen molar-refractivity contribution >= 4 is 58.2 Å². The van der Waals surface area contributed by atoms with Gasteiger partial charge < -0.3 is 5.32 Å². The van der Waals surface area contributed by atoms with Crippen molar-refractivity contribution in [2.45, 2.75) is 25.5 Å². The van der Waals surface area contributed by atoms with E-state index in [-0.39, 0.29) is 16.5 Å². The second kappa shape index (κ2) is 10.6. The predicted octanol–water partition coefficient (Wildman–Crippen LogP) is 6.68. The topological polar surface area (TPSA) is 73.2 Å². The van der Waals surface area contributed by atoms with E-state index in [1.54, 1.807) is 42.5 Å². The van der Waals surface area contributed by atoms with Crippen LogP contribution in [0.4, 0.5) is 11.4 Å². The average Bonchev–Trinajstić information content (AvgIpc) is 3.15. The number of nitrogens with zero attached hydrogens (tertiary/aromatic N) is 2. The quantitative estimate of drug-likeness (QED) is 0.300. The van der Waals surface area contributed by atoms with Gasteiger partial charge in [0.05, 0.1) is 5.25 Å². The summed E-state index contributed by atoms with van der Waals surface area (Å²) in [6.45, 7) is 3.80. The average molecular weight is 522 g/mol. The number of benzene rings is 3. The van der Waals surface area contributed by atoms with E-state index in [0.29, 0.717) is 27.8 Å². The van der Waals surface area contributed by atoms with Crippen LogP contribution < -0.4 is 10.2 Å². The Bertz CT molecular complexity index is 1380. The highest BCUT2D eigenvalue weighted by atomic mass is 35.5. The van der Waals surface area contributed by atoms with Gasteiger partial charge in [0, 0.05) is 21.4 Å². The van der Waals surface area contributed by atoms with Crippen molar-refractivity contribution in [1.29, 1.82) is 5.26 Å². The summed E-state index contributed by atoms with van der Waals surface area (Å²) in [4.78, 5) is 28.3. The number of aryl methyl sites for hydroxylation is 2. The first-order valence-corrected chi connectivity index (χ1v) is 12.4. The van der Waals surface area contributed by atoms with Gasteiger partial charge in [-0.25, -0.2) is 0 Å². The second-order valence-corrected chi connectivity index (χ2v) is 10.2. The largest absolute Gasteiger partial charge is 0.321 e. The van der Waals surface area contributed by atoms with Crippen LogP contribution in [-0.2, 0) is 16.0 Å². The predicted molar refractivity (Wildman–Crippen MR) is 143 cm³/mol. The van der Waals surface area contributed by atoms with E-state index in [9.17, 15) is 14.9 Å². The maximum Gasteiger partial charge on any atom is 0.269 e. The molecule has 1 fully saturated rings. The Morgan fingerprint density at radius 3 is 2.54 bits per heavy atom. The first kappa shape index (κ1) is 24.9. The Kier molecular flexibility index (Phi) is 7.51. The molecular weight excluding hydrogens is 501 g/mol. The van der Waals surface area contributed by atoms with Crippen LogP contribution in [0.1, 0.15) is 16.7 Å². The van der Waals surface area contributed by atoms with Gasteiger partial charge in [-0.15, -0.1) is 0 Å². The molecule has 0 bridgehead atoms. The van der Waals surface area contributed by atoms with Crippen molar-refractivity contribution in [2.24, 2.45) is 0 Å². The van der Waals surface area contributed by atoms with E-state index in [0.717, 1.165) is 16.7 Å². The second-order valence-electron chi connectivity index (χ2n) is 8.12. The first-order chi connectivity index (χ1) is 16.8. The minimum Gasteiger partial charge on any atom is -0.321 e. The summed E-state index contributed by atoms with van der Waals surface area (Å²) in [6.07, 6.45) is 0.299. The van der Waals surface area contributed by atoms with Gasteiger partial charge in [0.25, 0.3) is 5.91 Å². The van der Waals surface area contributed by atoms with E-state index >= 15 is 0 Å². The zero-order valence-corrected chi connectivity index (χ0v) is 21.3. The number of rotatable bonds is 5. The van der Waals surface area contributed by atoms with Crippen molar-refractivity contribution in [3.05, 3.63) is 104 Å². The number of nitriles is 1. The number of carbonyl (C=O) groups is 2. The van der Waals surface area contributed by atoms with Crippen LogP contribution in [-0.4, -0.2) is 17.1 Å². The smallest absolute Gasteiger partial charge is 0.269 e. The van der Waals surface area contributed by atoms with Gasteiger partial charge in [-0.2, -0.15) is 5.26 Å². The summed E-state index contributed by atoms with van der Waals surface area (Å²) in [7, 11) is 0. The van der Waals surface area contributed by atoms with Gasteiger partial charge in [0.15, 0.2) is 0 Å². The Balaban J connectivity index is 1.74. The third-order valence-corrected chi connectivity index (χ3v) is 7.44. The number of nitrogens with one attached hydrogen (secondary N) is 1. The molecule has 0 saturated carbocycles. The Morgan fingerprint density at radius 2 is 1.83 bits per heavy atom. The molecule has 0 aromatic heterocycles. The number of carbonyl (C=O) groups excluding carboxylic acids is 2. The fraction of sp³-hybridized carbons (Fsp3) is 0.148. The third kappa shape index (κ3) is 5.38. The Labute approximate surface area is 218 Å². The number of hydrogen-bond donors (Lipinski definition) is 1. The van der Waals surface area contributed by atoms with Crippen LogP contribution in [0.5, 0.6) is 0 Å². The lowest BCUT2D eigenvalue weighted by molar-refractivity contribution is -0.117. The summed E-state index contributed by atoms with van der Waals surface area (Å²) < 4.78 is 0. The van der Waals surface area contributed by atoms with Gasteiger partial charge in [0.2, 0.25) is 5.91 Å². The number of amides is 2. The van der Waals surface area contributed by atoms with Crippen LogP contribution in [0.2, 0.25) is 10.0 Å². The molecule has 1 heterocycles. The van der Waals surface area contributed by atoms with Gasteiger partial charge in [-0.05, 0) is 73.4 Å².